The third-order valence-electron chi connectivity index (χ3n) is 5.26. The molecule has 0 saturated carbocycles. The Balaban J connectivity index is 1.50. The van der Waals surface area contributed by atoms with Crippen molar-refractivity contribution in [2.75, 3.05) is 59.0 Å². The summed E-state index contributed by atoms with van der Waals surface area (Å²) in [7, 11) is 4.48. The van der Waals surface area contributed by atoms with Crippen molar-refractivity contribution in [3.63, 3.8) is 0 Å². The Morgan fingerprint density at radius 1 is 0.938 bits per heavy atom. The van der Waals surface area contributed by atoms with Crippen LogP contribution in [0.15, 0.2) is 36.4 Å². The number of rotatable bonds is 8. The fourth-order valence-corrected chi connectivity index (χ4v) is 3.59. The van der Waals surface area contributed by atoms with E-state index >= 15 is 0 Å². The highest BCUT2D eigenvalue weighted by Gasteiger charge is 2.23. The predicted octanol–water partition coefficient (Wildman–Crippen LogP) is 2.29. The highest BCUT2D eigenvalue weighted by molar-refractivity contribution is 5.81. The molecule has 0 unspecified atom stereocenters. The van der Waals surface area contributed by atoms with Gasteiger partial charge in [-0.05, 0) is 29.8 Å². The second kappa shape index (κ2) is 10.7. The van der Waals surface area contributed by atoms with Gasteiger partial charge in [-0.25, -0.2) is 4.39 Å². The second-order valence-corrected chi connectivity index (χ2v) is 7.19. The number of carbonyl (C=O) groups is 2. The van der Waals surface area contributed by atoms with Crippen LogP contribution < -0.4 is 19.1 Å². The van der Waals surface area contributed by atoms with Crippen LogP contribution in [0.1, 0.15) is 5.56 Å². The Kier molecular flexibility index (Phi) is 7.75. The van der Waals surface area contributed by atoms with Crippen LogP contribution in [0.4, 0.5) is 10.1 Å². The van der Waals surface area contributed by atoms with E-state index in [4.69, 9.17) is 18.9 Å². The van der Waals surface area contributed by atoms with Crippen molar-refractivity contribution in [1.82, 2.24) is 4.90 Å². The molecule has 172 valence electrons. The molecule has 9 heteroatoms. The molecule has 1 heterocycles. The van der Waals surface area contributed by atoms with E-state index in [1.165, 1.54) is 27.4 Å². The Morgan fingerprint density at radius 3 is 2.12 bits per heavy atom. The molecular formula is C23H27FN2O6. The fourth-order valence-electron chi connectivity index (χ4n) is 3.59. The number of amides is 1. The van der Waals surface area contributed by atoms with Gasteiger partial charge in [0.2, 0.25) is 5.75 Å². The SMILES string of the molecule is COc1cc(CC(=O)OCC(=O)N2CCN(c3ccccc3F)CC2)cc(OC)c1OC. The summed E-state index contributed by atoms with van der Waals surface area (Å²) in [6.07, 6.45) is -0.0505. The molecule has 0 atom stereocenters. The standard InChI is InChI=1S/C23H27FN2O6/c1-29-19-12-16(13-20(30-2)23(19)31-3)14-22(28)32-15-21(27)26-10-8-25(9-11-26)18-7-5-4-6-17(18)24/h4-7,12-13H,8-11,14-15H2,1-3H3. The van der Waals surface area contributed by atoms with Gasteiger partial charge in [0.05, 0.1) is 33.4 Å². The van der Waals surface area contributed by atoms with Crippen molar-refractivity contribution in [2.45, 2.75) is 6.42 Å². The molecule has 2 aromatic carbocycles. The lowest BCUT2D eigenvalue weighted by molar-refractivity contribution is -0.151. The summed E-state index contributed by atoms with van der Waals surface area (Å²) < 4.78 is 35.0. The summed E-state index contributed by atoms with van der Waals surface area (Å²) in [5.41, 5.74) is 1.13. The molecule has 8 nitrogen and oxygen atoms in total. The van der Waals surface area contributed by atoms with E-state index in [9.17, 15) is 14.0 Å². The number of esters is 1. The molecule has 0 aromatic heterocycles. The van der Waals surface area contributed by atoms with Gasteiger partial charge in [0.1, 0.15) is 5.82 Å². The molecule has 32 heavy (non-hydrogen) atoms. The topological polar surface area (TPSA) is 77.5 Å². The third kappa shape index (κ3) is 5.40. The van der Waals surface area contributed by atoms with Crippen molar-refractivity contribution in [2.24, 2.45) is 0 Å². The minimum absolute atomic E-state index is 0.0505. The zero-order valence-electron chi connectivity index (χ0n) is 18.4. The number of methoxy groups -OCH3 is 3. The maximum absolute atomic E-state index is 14.0. The molecule has 0 spiro atoms. The zero-order valence-corrected chi connectivity index (χ0v) is 18.4. The Morgan fingerprint density at radius 2 is 1.56 bits per heavy atom. The average molecular weight is 446 g/mol. The maximum atomic E-state index is 14.0. The molecule has 0 aliphatic carbocycles. The van der Waals surface area contributed by atoms with Gasteiger partial charge in [-0.2, -0.15) is 0 Å². The summed E-state index contributed by atoms with van der Waals surface area (Å²) in [6, 6.07) is 9.88. The average Bonchev–Trinajstić information content (AvgIpc) is 2.82. The molecule has 1 fully saturated rings. The van der Waals surface area contributed by atoms with E-state index in [2.05, 4.69) is 0 Å². The van der Waals surface area contributed by atoms with Crippen molar-refractivity contribution < 1.29 is 32.9 Å². The zero-order chi connectivity index (χ0) is 23.1. The number of para-hydroxylation sites is 1. The van der Waals surface area contributed by atoms with Gasteiger partial charge in [-0.3, -0.25) is 9.59 Å². The Hall–Kier alpha value is -3.49. The first-order valence-electron chi connectivity index (χ1n) is 10.2. The van der Waals surface area contributed by atoms with Gasteiger partial charge in [-0.1, -0.05) is 12.1 Å². The van der Waals surface area contributed by atoms with Gasteiger partial charge in [0.25, 0.3) is 5.91 Å². The summed E-state index contributed by atoms with van der Waals surface area (Å²) in [5, 5.41) is 0. The molecule has 0 radical (unpaired) electrons. The van der Waals surface area contributed by atoms with Crippen LogP contribution in [0.2, 0.25) is 0 Å². The number of ether oxygens (including phenoxy) is 4. The number of piperazine rings is 1. The van der Waals surface area contributed by atoms with Crippen molar-refractivity contribution >= 4 is 17.6 Å². The fraction of sp³-hybridized carbons (Fsp3) is 0.391. The molecular weight excluding hydrogens is 419 g/mol. The minimum atomic E-state index is -0.544. The van der Waals surface area contributed by atoms with Gasteiger partial charge in [-0.15, -0.1) is 0 Å². The van der Waals surface area contributed by atoms with Gasteiger partial charge in [0.15, 0.2) is 18.1 Å². The number of carbonyl (C=O) groups excluding carboxylic acids is 2. The predicted molar refractivity (Wildman–Crippen MR) is 116 cm³/mol. The van der Waals surface area contributed by atoms with Crippen LogP contribution in [0, 0.1) is 5.82 Å². The van der Waals surface area contributed by atoms with Crippen LogP contribution in [0.5, 0.6) is 17.2 Å². The van der Waals surface area contributed by atoms with E-state index in [0.29, 0.717) is 54.7 Å². The molecule has 1 amide bonds. The molecule has 1 aliphatic rings. The number of hydrogen-bond acceptors (Lipinski definition) is 7. The lowest BCUT2D eigenvalue weighted by atomic mass is 10.1. The van der Waals surface area contributed by atoms with E-state index in [-0.39, 0.29) is 24.8 Å². The third-order valence-corrected chi connectivity index (χ3v) is 5.26. The lowest BCUT2D eigenvalue weighted by Gasteiger charge is -2.36. The summed E-state index contributed by atoms with van der Waals surface area (Å²) in [5.74, 6) is 0.177. The first-order valence-corrected chi connectivity index (χ1v) is 10.2. The number of anilines is 1. The number of nitrogens with zero attached hydrogens (tertiary/aromatic N) is 2. The molecule has 0 N–H and O–H groups in total. The maximum Gasteiger partial charge on any atom is 0.310 e. The monoisotopic (exact) mass is 446 g/mol. The van der Waals surface area contributed by atoms with Gasteiger partial charge >= 0.3 is 5.97 Å². The second-order valence-electron chi connectivity index (χ2n) is 7.19. The molecule has 1 saturated heterocycles. The van der Waals surface area contributed by atoms with E-state index < -0.39 is 5.97 Å². The van der Waals surface area contributed by atoms with E-state index in [1.807, 2.05) is 4.90 Å². The molecule has 1 aliphatic heterocycles. The number of hydrogen-bond donors (Lipinski definition) is 0. The van der Waals surface area contributed by atoms with Crippen molar-refractivity contribution in [3.8, 4) is 17.2 Å². The van der Waals surface area contributed by atoms with Crippen molar-refractivity contribution in [3.05, 3.63) is 47.8 Å². The van der Waals surface area contributed by atoms with Crippen LogP contribution in [0.25, 0.3) is 0 Å². The van der Waals surface area contributed by atoms with E-state index in [0.717, 1.165) is 0 Å². The molecule has 3 rings (SSSR count). The van der Waals surface area contributed by atoms with Crippen LogP contribution in [0.3, 0.4) is 0 Å². The lowest BCUT2D eigenvalue weighted by Crippen LogP contribution is -2.50. The summed E-state index contributed by atoms with van der Waals surface area (Å²) in [4.78, 5) is 28.2. The number of benzene rings is 2. The largest absolute Gasteiger partial charge is 0.493 e. The highest BCUT2D eigenvalue weighted by Crippen LogP contribution is 2.38. The van der Waals surface area contributed by atoms with Gasteiger partial charge in [0, 0.05) is 26.2 Å². The number of halogens is 1. The van der Waals surface area contributed by atoms with Crippen LogP contribution in [-0.2, 0) is 20.7 Å². The van der Waals surface area contributed by atoms with Crippen LogP contribution in [-0.4, -0.2) is 70.9 Å². The summed E-state index contributed by atoms with van der Waals surface area (Å²) >= 11 is 0. The Labute approximate surface area is 186 Å². The smallest absolute Gasteiger partial charge is 0.310 e. The van der Waals surface area contributed by atoms with E-state index in [1.54, 1.807) is 35.2 Å². The van der Waals surface area contributed by atoms with Crippen molar-refractivity contribution in [1.29, 1.82) is 0 Å². The van der Waals surface area contributed by atoms with Crippen LogP contribution >= 0.6 is 0 Å². The quantitative estimate of drug-likeness (QED) is 0.576. The highest BCUT2D eigenvalue weighted by atomic mass is 19.1. The molecule has 2 aromatic rings. The first kappa shape index (κ1) is 23.2. The first-order chi connectivity index (χ1) is 15.5. The Bertz CT molecular complexity index is 934. The van der Waals surface area contributed by atoms with Gasteiger partial charge < -0.3 is 28.7 Å². The normalized spacial score (nSPS) is 13.5. The minimum Gasteiger partial charge on any atom is -0.493 e. The molecule has 0 bridgehead atoms. The summed E-state index contributed by atoms with van der Waals surface area (Å²) in [6.45, 7) is 1.52.